The average molecular weight is 187 g/mol. The lowest BCUT2D eigenvalue weighted by molar-refractivity contribution is -0.128. The second-order valence-corrected chi connectivity index (χ2v) is 3.96. The zero-order valence-corrected chi connectivity index (χ0v) is 9.16. The number of nitrogens with zero attached hydrogens (tertiary/aromatic N) is 1. The fourth-order valence-corrected chi connectivity index (χ4v) is 1.36. The van der Waals surface area contributed by atoms with Gasteiger partial charge >= 0.3 is 0 Å². The van der Waals surface area contributed by atoms with Crippen LogP contribution >= 0.6 is 0 Å². The quantitative estimate of drug-likeness (QED) is 0.379. The van der Waals surface area contributed by atoms with Crippen LogP contribution in [0.25, 0.3) is 0 Å². The lowest BCUT2D eigenvalue weighted by atomic mass is 10.0. The van der Waals surface area contributed by atoms with E-state index in [1.54, 1.807) is 0 Å². The highest BCUT2D eigenvalue weighted by atomic mass is 16.2. The van der Waals surface area contributed by atoms with Crippen molar-refractivity contribution in [3.05, 3.63) is 0 Å². The van der Waals surface area contributed by atoms with Crippen LogP contribution in [-0.4, -0.2) is 29.9 Å². The predicted molar refractivity (Wildman–Crippen MR) is 53.9 cm³/mol. The first kappa shape index (κ1) is 12.4. The standard InChI is InChI=1S/C9H21N3O/c1-6(2)8(9(13)11-10)12(5)7(3)4/h6-8H,10H2,1-5H3,(H,11,13). The van der Waals surface area contributed by atoms with Gasteiger partial charge in [-0.15, -0.1) is 0 Å². The zero-order valence-electron chi connectivity index (χ0n) is 9.16. The van der Waals surface area contributed by atoms with E-state index in [-0.39, 0.29) is 17.9 Å². The van der Waals surface area contributed by atoms with Gasteiger partial charge in [0, 0.05) is 6.04 Å². The fourth-order valence-electron chi connectivity index (χ4n) is 1.36. The molecule has 0 aliphatic rings. The molecular formula is C9H21N3O. The molecule has 3 N–H and O–H groups in total. The van der Waals surface area contributed by atoms with E-state index < -0.39 is 0 Å². The SMILES string of the molecule is CC(C)C(C(=O)NN)N(C)C(C)C. The Labute approximate surface area is 80.4 Å². The van der Waals surface area contributed by atoms with E-state index in [1.165, 1.54) is 0 Å². The van der Waals surface area contributed by atoms with E-state index in [1.807, 2.05) is 25.8 Å². The number of likely N-dealkylation sites (N-methyl/N-ethyl adjacent to an activating group) is 1. The second-order valence-electron chi connectivity index (χ2n) is 3.96. The molecule has 0 fully saturated rings. The van der Waals surface area contributed by atoms with Gasteiger partial charge < -0.3 is 0 Å². The molecule has 1 amide bonds. The van der Waals surface area contributed by atoms with Crippen LogP contribution in [0.5, 0.6) is 0 Å². The first-order valence-corrected chi connectivity index (χ1v) is 4.64. The molecule has 0 heterocycles. The number of hydrogen-bond acceptors (Lipinski definition) is 3. The topological polar surface area (TPSA) is 58.4 Å². The van der Waals surface area contributed by atoms with E-state index in [0.29, 0.717) is 6.04 Å². The van der Waals surface area contributed by atoms with Gasteiger partial charge in [-0.1, -0.05) is 13.8 Å². The number of nitrogens with one attached hydrogen (secondary N) is 1. The van der Waals surface area contributed by atoms with Gasteiger partial charge in [0.15, 0.2) is 0 Å². The molecule has 0 aliphatic heterocycles. The number of nitrogens with two attached hydrogens (primary N) is 1. The molecule has 1 unspecified atom stereocenters. The van der Waals surface area contributed by atoms with Gasteiger partial charge in [0.1, 0.15) is 0 Å². The molecule has 78 valence electrons. The van der Waals surface area contributed by atoms with Gasteiger partial charge in [0.2, 0.25) is 0 Å². The van der Waals surface area contributed by atoms with Crippen LogP contribution < -0.4 is 11.3 Å². The summed E-state index contributed by atoms with van der Waals surface area (Å²) in [6.45, 7) is 8.13. The summed E-state index contributed by atoms with van der Waals surface area (Å²) < 4.78 is 0. The van der Waals surface area contributed by atoms with E-state index in [2.05, 4.69) is 19.3 Å². The number of amides is 1. The summed E-state index contributed by atoms with van der Waals surface area (Å²) >= 11 is 0. The van der Waals surface area contributed by atoms with E-state index in [4.69, 9.17) is 5.84 Å². The van der Waals surface area contributed by atoms with Crippen LogP contribution in [0.4, 0.5) is 0 Å². The summed E-state index contributed by atoms with van der Waals surface area (Å²) in [6.07, 6.45) is 0. The second kappa shape index (κ2) is 5.19. The van der Waals surface area contributed by atoms with Gasteiger partial charge in [0.25, 0.3) is 5.91 Å². The van der Waals surface area contributed by atoms with Crippen molar-refractivity contribution >= 4 is 5.91 Å². The van der Waals surface area contributed by atoms with Crippen molar-refractivity contribution in [2.75, 3.05) is 7.05 Å². The predicted octanol–water partition coefficient (Wildman–Crippen LogP) is 0.341. The largest absolute Gasteiger partial charge is 0.293 e. The van der Waals surface area contributed by atoms with Gasteiger partial charge in [-0.3, -0.25) is 15.1 Å². The molecule has 0 rings (SSSR count). The zero-order chi connectivity index (χ0) is 10.6. The molecule has 0 aromatic heterocycles. The van der Waals surface area contributed by atoms with Gasteiger partial charge in [0.05, 0.1) is 6.04 Å². The first-order chi connectivity index (χ1) is 5.91. The van der Waals surface area contributed by atoms with Crippen molar-refractivity contribution in [1.29, 1.82) is 0 Å². The van der Waals surface area contributed by atoms with Crippen molar-refractivity contribution in [1.82, 2.24) is 10.3 Å². The fraction of sp³-hybridized carbons (Fsp3) is 0.889. The van der Waals surface area contributed by atoms with Crippen LogP contribution in [0.1, 0.15) is 27.7 Å². The molecule has 4 nitrogen and oxygen atoms in total. The number of carbonyl (C=O) groups is 1. The third kappa shape index (κ3) is 3.32. The van der Waals surface area contributed by atoms with E-state index >= 15 is 0 Å². The smallest absolute Gasteiger partial charge is 0.251 e. The van der Waals surface area contributed by atoms with Crippen molar-refractivity contribution in [3.8, 4) is 0 Å². The molecule has 0 aromatic carbocycles. The lowest BCUT2D eigenvalue weighted by Gasteiger charge is -2.32. The molecule has 1 atom stereocenters. The lowest BCUT2D eigenvalue weighted by Crippen LogP contribution is -2.52. The maximum absolute atomic E-state index is 11.4. The molecule has 0 radical (unpaired) electrons. The Kier molecular flexibility index (Phi) is 4.95. The minimum atomic E-state index is -0.148. The molecule has 0 saturated heterocycles. The van der Waals surface area contributed by atoms with Crippen LogP contribution in [0.2, 0.25) is 0 Å². The minimum absolute atomic E-state index is 0.119. The normalized spacial score (nSPS) is 13.9. The molecule has 0 spiro atoms. The minimum Gasteiger partial charge on any atom is -0.293 e. The summed E-state index contributed by atoms with van der Waals surface area (Å²) in [6, 6.07) is 0.190. The maximum Gasteiger partial charge on any atom is 0.251 e. The highest BCUT2D eigenvalue weighted by Gasteiger charge is 2.27. The van der Waals surface area contributed by atoms with E-state index in [9.17, 15) is 4.79 Å². The summed E-state index contributed by atoms with van der Waals surface area (Å²) in [5.74, 6) is 5.26. The molecule has 0 aliphatic carbocycles. The van der Waals surface area contributed by atoms with Gasteiger partial charge in [-0.2, -0.15) is 0 Å². The van der Waals surface area contributed by atoms with Gasteiger partial charge in [-0.25, -0.2) is 5.84 Å². The Bertz CT molecular complexity index is 168. The molecule has 0 saturated carbocycles. The average Bonchev–Trinajstić information content (AvgIpc) is 2.03. The summed E-state index contributed by atoms with van der Waals surface area (Å²) in [7, 11) is 1.94. The molecule has 13 heavy (non-hydrogen) atoms. The number of hydrazine groups is 1. The maximum atomic E-state index is 11.4. The van der Waals surface area contributed by atoms with Gasteiger partial charge in [-0.05, 0) is 26.8 Å². The molecule has 4 heteroatoms. The van der Waals surface area contributed by atoms with Crippen LogP contribution in [0.3, 0.4) is 0 Å². The molecule has 0 aromatic rings. The number of hydrogen-bond donors (Lipinski definition) is 2. The van der Waals surface area contributed by atoms with E-state index in [0.717, 1.165) is 0 Å². The van der Waals surface area contributed by atoms with Crippen LogP contribution in [-0.2, 0) is 4.79 Å². The number of rotatable bonds is 4. The Hall–Kier alpha value is -0.610. The summed E-state index contributed by atoms with van der Waals surface area (Å²) in [5, 5.41) is 0. The monoisotopic (exact) mass is 187 g/mol. The Morgan fingerprint density at radius 2 is 1.77 bits per heavy atom. The Morgan fingerprint density at radius 3 is 2.00 bits per heavy atom. The van der Waals surface area contributed by atoms with Crippen LogP contribution in [0, 0.1) is 5.92 Å². The highest BCUT2D eigenvalue weighted by Crippen LogP contribution is 2.11. The van der Waals surface area contributed by atoms with Crippen molar-refractivity contribution in [2.24, 2.45) is 11.8 Å². The third-order valence-corrected chi connectivity index (χ3v) is 2.30. The highest BCUT2D eigenvalue weighted by molar-refractivity contribution is 5.81. The van der Waals surface area contributed by atoms with Crippen molar-refractivity contribution in [2.45, 2.75) is 39.8 Å². The Balaban J connectivity index is 4.51. The van der Waals surface area contributed by atoms with Crippen molar-refractivity contribution < 1.29 is 4.79 Å². The first-order valence-electron chi connectivity index (χ1n) is 4.64. The third-order valence-electron chi connectivity index (χ3n) is 2.30. The van der Waals surface area contributed by atoms with Crippen LogP contribution in [0.15, 0.2) is 0 Å². The molecule has 0 bridgehead atoms. The Morgan fingerprint density at radius 1 is 1.31 bits per heavy atom. The van der Waals surface area contributed by atoms with Crippen molar-refractivity contribution in [3.63, 3.8) is 0 Å². The summed E-state index contributed by atoms with van der Waals surface area (Å²) in [5.41, 5.74) is 2.20. The summed E-state index contributed by atoms with van der Waals surface area (Å²) in [4.78, 5) is 13.4. The molecular weight excluding hydrogens is 166 g/mol. The number of carbonyl (C=O) groups excluding carboxylic acids is 1.